The van der Waals surface area contributed by atoms with Crippen molar-refractivity contribution in [2.75, 3.05) is 6.54 Å². The Balaban J connectivity index is 2.03. The summed E-state index contributed by atoms with van der Waals surface area (Å²) in [6, 6.07) is 0.543. The highest BCUT2D eigenvalue weighted by Crippen LogP contribution is 2.28. The van der Waals surface area contributed by atoms with E-state index in [1.165, 1.54) is 6.42 Å². The molecule has 2 atom stereocenters. The van der Waals surface area contributed by atoms with Gasteiger partial charge in [0.25, 0.3) is 0 Å². The molecule has 0 aromatic rings. The van der Waals surface area contributed by atoms with E-state index in [0.29, 0.717) is 11.8 Å². The molecule has 0 bridgehead atoms. The minimum atomic E-state index is 0.454. The molecule has 2 aliphatic rings. The number of fused-ring (bicyclic) bond motifs is 1. The second-order valence-electron chi connectivity index (χ2n) is 3.39. The van der Waals surface area contributed by atoms with Gasteiger partial charge in [-0.25, -0.2) is 0 Å². The summed E-state index contributed by atoms with van der Waals surface area (Å²) >= 11 is 0. The van der Waals surface area contributed by atoms with E-state index in [9.17, 15) is 4.79 Å². The topological polar surface area (TPSA) is 29.1 Å². The van der Waals surface area contributed by atoms with Crippen LogP contribution in [0.3, 0.4) is 0 Å². The van der Waals surface area contributed by atoms with Crippen molar-refractivity contribution in [3.05, 3.63) is 0 Å². The maximum Gasteiger partial charge on any atom is 0.134 e. The van der Waals surface area contributed by atoms with E-state index < -0.39 is 0 Å². The number of Topliss-reactive ketones (excluding diaryl/α,β-unsaturated/α-hetero) is 1. The second-order valence-corrected chi connectivity index (χ2v) is 3.39. The van der Waals surface area contributed by atoms with Crippen LogP contribution in [0.4, 0.5) is 0 Å². The molecule has 0 aromatic carbocycles. The standard InChI is InChI=1S/C8H13NO/c10-7-2-1-6-3-4-9-8(6)5-7/h6,8-9H,1-5H2/t6-,8-/m0/s1. The summed E-state index contributed by atoms with van der Waals surface area (Å²) in [6.07, 6.45) is 4.06. The van der Waals surface area contributed by atoms with E-state index >= 15 is 0 Å². The fraction of sp³-hybridized carbons (Fsp3) is 0.875. The molecule has 1 aliphatic heterocycles. The highest BCUT2D eigenvalue weighted by molar-refractivity contribution is 5.80. The van der Waals surface area contributed by atoms with Gasteiger partial charge >= 0.3 is 0 Å². The molecular weight excluding hydrogens is 126 g/mol. The minimum absolute atomic E-state index is 0.454. The molecule has 0 spiro atoms. The maximum absolute atomic E-state index is 11.0. The monoisotopic (exact) mass is 139 g/mol. The van der Waals surface area contributed by atoms with E-state index in [4.69, 9.17) is 0 Å². The SMILES string of the molecule is O=C1CC[C@H]2CCN[C@H]2C1. The quantitative estimate of drug-likeness (QED) is 0.535. The van der Waals surface area contributed by atoms with Crippen LogP contribution in [0.1, 0.15) is 25.7 Å². The van der Waals surface area contributed by atoms with Crippen molar-refractivity contribution in [3.63, 3.8) is 0 Å². The van der Waals surface area contributed by atoms with Gasteiger partial charge in [0.2, 0.25) is 0 Å². The molecule has 1 N–H and O–H groups in total. The first kappa shape index (κ1) is 6.35. The van der Waals surface area contributed by atoms with Crippen LogP contribution in [0.15, 0.2) is 0 Å². The number of hydrogen-bond donors (Lipinski definition) is 1. The van der Waals surface area contributed by atoms with Crippen LogP contribution >= 0.6 is 0 Å². The lowest BCUT2D eigenvalue weighted by Crippen LogP contribution is -2.33. The van der Waals surface area contributed by atoms with Gasteiger partial charge in [0.1, 0.15) is 5.78 Å². The first-order chi connectivity index (χ1) is 4.86. The zero-order valence-electron chi connectivity index (χ0n) is 6.10. The van der Waals surface area contributed by atoms with E-state index in [0.717, 1.165) is 31.7 Å². The Morgan fingerprint density at radius 2 is 2.30 bits per heavy atom. The Morgan fingerprint density at radius 1 is 1.40 bits per heavy atom. The Bertz CT molecular complexity index is 155. The van der Waals surface area contributed by atoms with Crippen LogP contribution in [0.2, 0.25) is 0 Å². The van der Waals surface area contributed by atoms with Crippen molar-refractivity contribution in [3.8, 4) is 0 Å². The molecule has 1 saturated heterocycles. The van der Waals surface area contributed by atoms with Crippen molar-refractivity contribution >= 4 is 5.78 Å². The predicted octanol–water partition coefficient (Wildman–Crippen LogP) is 0.718. The fourth-order valence-electron chi connectivity index (χ4n) is 2.10. The molecule has 2 fully saturated rings. The summed E-state index contributed by atoms with van der Waals surface area (Å²) in [5.74, 6) is 1.27. The van der Waals surface area contributed by atoms with Crippen molar-refractivity contribution in [2.45, 2.75) is 31.7 Å². The molecular formula is C8H13NO. The first-order valence-electron chi connectivity index (χ1n) is 4.11. The lowest BCUT2D eigenvalue weighted by molar-refractivity contribution is -0.121. The number of hydrogen-bond acceptors (Lipinski definition) is 2. The Labute approximate surface area is 61.0 Å². The molecule has 1 aliphatic carbocycles. The van der Waals surface area contributed by atoms with E-state index in [1.807, 2.05) is 0 Å². The zero-order valence-corrected chi connectivity index (χ0v) is 6.10. The molecule has 0 amide bonds. The lowest BCUT2D eigenvalue weighted by Gasteiger charge is -2.23. The Kier molecular flexibility index (Phi) is 1.49. The summed E-state index contributed by atoms with van der Waals surface area (Å²) in [7, 11) is 0. The fourth-order valence-corrected chi connectivity index (χ4v) is 2.10. The van der Waals surface area contributed by atoms with Gasteiger partial charge in [-0.3, -0.25) is 4.79 Å². The van der Waals surface area contributed by atoms with Gasteiger partial charge in [-0.05, 0) is 25.3 Å². The van der Waals surface area contributed by atoms with Crippen LogP contribution < -0.4 is 5.32 Å². The van der Waals surface area contributed by atoms with Gasteiger partial charge in [0.15, 0.2) is 0 Å². The van der Waals surface area contributed by atoms with Gasteiger partial charge in [-0.1, -0.05) is 0 Å². The molecule has 1 saturated carbocycles. The van der Waals surface area contributed by atoms with Crippen LogP contribution in [0, 0.1) is 5.92 Å². The molecule has 0 unspecified atom stereocenters. The van der Waals surface area contributed by atoms with E-state index in [-0.39, 0.29) is 0 Å². The number of carbonyl (C=O) groups excluding carboxylic acids is 1. The molecule has 10 heavy (non-hydrogen) atoms. The molecule has 2 heteroatoms. The van der Waals surface area contributed by atoms with Crippen LogP contribution in [0.5, 0.6) is 0 Å². The van der Waals surface area contributed by atoms with Crippen molar-refractivity contribution in [1.29, 1.82) is 0 Å². The molecule has 1 heterocycles. The summed E-state index contributed by atoms with van der Waals surface area (Å²) in [4.78, 5) is 11.0. The van der Waals surface area contributed by atoms with Gasteiger partial charge in [0.05, 0.1) is 0 Å². The third-order valence-electron chi connectivity index (χ3n) is 2.73. The third-order valence-corrected chi connectivity index (χ3v) is 2.73. The Morgan fingerprint density at radius 3 is 3.20 bits per heavy atom. The summed E-state index contributed by atoms with van der Waals surface area (Å²) in [5.41, 5.74) is 0. The van der Waals surface area contributed by atoms with Crippen molar-refractivity contribution in [2.24, 2.45) is 5.92 Å². The third kappa shape index (κ3) is 0.966. The van der Waals surface area contributed by atoms with E-state index in [1.54, 1.807) is 0 Å². The highest BCUT2D eigenvalue weighted by Gasteiger charge is 2.32. The number of ketones is 1. The molecule has 56 valence electrons. The zero-order chi connectivity index (χ0) is 6.97. The first-order valence-corrected chi connectivity index (χ1v) is 4.11. The molecule has 0 radical (unpaired) electrons. The van der Waals surface area contributed by atoms with Crippen LogP contribution in [-0.4, -0.2) is 18.4 Å². The Hall–Kier alpha value is -0.370. The van der Waals surface area contributed by atoms with Gasteiger partial charge in [-0.2, -0.15) is 0 Å². The average molecular weight is 139 g/mol. The molecule has 2 nitrogen and oxygen atoms in total. The summed E-state index contributed by atoms with van der Waals surface area (Å²) < 4.78 is 0. The number of nitrogens with one attached hydrogen (secondary N) is 1. The lowest BCUT2D eigenvalue weighted by atomic mass is 9.85. The average Bonchev–Trinajstić information content (AvgIpc) is 2.33. The number of rotatable bonds is 0. The van der Waals surface area contributed by atoms with Gasteiger partial charge < -0.3 is 5.32 Å². The normalized spacial score (nSPS) is 39.8. The van der Waals surface area contributed by atoms with Crippen LogP contribution in [0.25, 0.3) is 0 Å². The second kappa shape index (κ2) is 2.35. The van der Waals surface area contributed by atoms with E-state index in [2.05, 4.69) is 5.32 Å². The summed E-state index contributed by atoms with van der Waals surface area (Å²) in [5, 5.41) is 3.37. The number of carbonyl (C=O) groups is 1. The minimum Gasteiger partial charge on any atom is -0.313 e. The summed E-state index contributed by atoms with van der Waals surface area (Å²) in [6.45, 7) is 1.13. The van der Waals surface area contributed by atoms with Gasteiger partial charge in [0, 0.05) is 18.9 Å². The van der Waals surface area contributed by atoms with Gasteiger partial charge in [-0.15, -0.1) is 0 Å². The van der Waals surface area contributed by atoms with Crippen molar-refractivity contribution < 1.29 is 4.79 Å². The predicted molar refractivity (Wildman–Crippen MR) is 38.8 cm³/mol. The molecule has 0 aromatic heterocycles. The largest absolute Gasteiger partial charge is 0.313 e. The molecule has 2 rings (SSSR count). The van der Waals surface area contributed by atoms with Crippen LogP contribution in [-0.2, 0) is 4.79 Å². The highest BCUT2D eigenvalue weighted by atomic mass is 16.1. The smallest absolute Gasteiger partial charge is 0.134 e. The van der Waals surface area contributed by atoms with Crippen molar-refractivity contribution in [1.82, 2.24) is 5.32 Å². The maximum atomic E-state index is 11.0.